The third kappa shape index (κ3) is 6.78. The third-order valence-electron chi connectivity index (χ3n) is 4.95. The van der Waals surface area contributed by atoms with Crippen LogP contribution in [0.4, 0.5) is 4.79 Å². The molecule has 2 amide bonds. The lowest BCUT2D eigenvalue weighted by Gasteiger charge is -2.34. The van der Waals surface area contributed by atoms with Gasteiger partial charge in [0, 0.05) is 6.42 Å². The molecule has 3 atom stereocenters. The highest BCUT2D eigenvalue weighted by molar-refractivity contribution is 5.95. The maximum Gasteiger partial charge on any atom is 0.408 e. The molecule has 9 nitrogen and oxygen atoms in total. The minimum absolute atomic E-state index is 0.0107. The molecule has 1 aromatic rings. The minimum atomic E-state index is -1.21. The van der Waals surface area contributed by atoms with Gasteiger partial charge < -0.3 is 26.3 Å². The van der Waals surface area contributed by atoms with Crippen LogP contribution in [0.3, 0.4) is 0 Å². The van der Waals surface area contributed by atoms with Crippen molar-refractivity contribution in [2.75, 3.05) is 7.11 Å². The number of ether oxygens (including phenoxy) is 2. The summed E-state index contributed by atoms with van der Waals surface area (Å²) in [6.07, 6.45) is 5.72. The molecular formula is C22H27N3O6. The first-order valence-corrected chi connectivity index (χ1v) is 9.75. The van der Waals surface area contributed by atoms with E-state index < -0.39 is 41.3 Å². The smallest absolute Gasteiger partial charge is 0.408 e. The van der Waals surface area contributed by atoms with Gasteiger partial charge in [0.2, 0.25) is 5.91 Å². The average molecular weight is 429 g/mol. The summed E-state index contributed by atoms with van der Waals surface area (Å²) in [5, 5.41) is 2.47. The Morgan fingerprint density at radius 2 is 1.87 bits per heavy atom. The normalized spacial score (nSPS) is 19.2. The SMILES string of the molecule is COC(=O)[C@H](CC1(C(=O)[C@@H](N)CC(N)=O)C=CC=CC1)NC(=O)OCc1ccccc1. The van der Waals surface area contributed by atoms with Crippen molar-refractivity contribution in [2.24, 2.45) is 16.9 Å². The van der Waals surface area contributed by atoms with Crippen molar-refractivity contribution in [1.82, 2.24) is 5.32 Å². The second kappa shape index (κ2) is 11.1. The maximum atomic E-state index is 13.1. The highest BCUT2D eigenvalue weighted by atomic mass is 16.6. The summed E-state index contributed by atoms with van der Waals surface area (Å²) in [6, 6.07) is 6.72. The first-order chi connectivity index (χ1) is 14.8. The largest absolute Gasteiger partial charge is 0.467 e. The van der Waals surface area contributed by atoms with E-state index in [9.17, 15) is 19.2 Å². The molecule has 2 rings (SSSR count). The molecule has 0 aromatic heterocycles. The Bertz CT molecular complexity index is 867. The summed E-state index contributed by atoms with van der Waals surface area (Å²) < 4.78 is 9.97. The van der Waals surface area contributed by atoms with Gasteiger partial charge in [-0.3, -0.25) is 9.59 Å². The first-order valence-electron chi connectivity index (χ1n) is 9.75. The van der Waals surface area contributed by atoms with Gasteiger partial charge in [-0.05, 0) is 18.4 Å². The van der Waals surface area contributed by atoms with Gasteiger partial charge in [-0.1, -0.05) is 54.6 Å². The number of rotatable bonds is 10. The molecule has 0 saturated heterocycles. The van der Waals surface area contributed by atoms with Crippen LogP contribution in [0.1, 0.15) is 24.8 Å². The molecule has 5 N–H and O–H groups in total. The predicted octanol–water partition coefficient (Wildman–Crippen LogP) is 1.12. The Morgan fingerprint density at radius 3 is 2.45 bits per heavy atom. The summed E-state index contributed by atoms with van der Waals surface area (Å²) in [4.78, 5) is 49.0. The number of alkyl carbamates (subject to hydrolysis) is 1. The molecule has 0 radical (unpaired) electrons. The predicted molar refractivity (Wildman–Crippen MR) is 112 cm³/mol. The number of primary amides is 1. The second-order valence-electron chi connectivity index (χ2n) is 7.27. The molecule has 0 fully saturated rings. The van der Waals surface area contributed by atoms with Crippen LogP contribution in [0.15, 0.2) is 54.6 Å². The van der Waals surface area contributed by atoms with E-state index in [1.54, 1.807) is 36.4 Å². The molecule has 0 aliphatic heterocycles. The Balaban J connectivity index is 2.15. The Kier molecular flexibility index (Phi) is 8.51. The number of benzene rings is 1. The van der Waals surface area contributed by atoms with Crippen LogP contribution in [-0.4, -0.2) is 42.9 Å². The molecule has 9 heteroatoms. The first kappa shape index (κ1) is 23.8. The van der Waals surface area contributed by atoms with E-state index in [2.05, 4.69) is 5.32 Å². The molecule has 0 saturated carbocycles. The van der Waals surface area contributed by atoms with Crippen molar-refractivity contribution in [3.05, 3.63) is 60.2 Å². The van der Waals surface area contributed by atoms with Gasteiger partial charge in [-0.15, -0.1) is 0 Å². The van der Waals surface area contributed by atoms with Gasteiger partial charge in [-0.25, -0.2) is 9.59 Å². The van der Waals surface area contributed by atoms with E-state index in [1.165, 1.54) is 7.11 Å². The zero-order chi connectivity index (χ0) is 22.9. The number of methoxy groups -OCH3 is 1. The summed E-state index contributed by atoms with van der Waals surface area (Å²) in [5.41, 5.74) is 10.6. The molecule has 166 valence electrons. The van der Waals surface area contributed by atoms with Gasteiger partial charge in [0.05, 0.1) is 18.6 Å². The number of ketones is 1. The monoisotopic (exact) mass is 429 g/mol. The number of carbonyl (C=O) groups is 4. The number of nitrogens with two attached hydrogens (primary N) is 2. The van der Waals surface area contributed by atoms with Gasteiger partial charge in [-0.2, -0.15) is 0 Å². The Morgan fingerprint density at radius 1 is 1.16 bits per heavy atom. The number of hydrogen-bond acceptors (Lipinski definition) is 7. The highest BCUT2D eigenvalue weighted by Crippen LogP contribution is 2.36. The van der Waals surface area contributed by atoms with E-state index in [0.29, 0.717) is 0 Å². The molecule has 1 unspecified atom stereocenters. The van der Waals surface area contributed by atoms with Crippen molar-refractivity contribution in [1.29, 1.82) is 0 Å². The molecular weight excluding hydrogens is 402 g/mol. The zero-order valence-corrected chi connectivity index (χ0v) is 17.3. The molecule has 0 heterocycles. The van der Waals surface area contributed by atoms with Crippen LogP contribution < -0.4 is 16.8 Å². The van der Waals surface area contributed by atoms with E-state index in [0.717, 1.165) is 5.56 Å². The van der Waals surface area contributed by atoms with Gasteiger partial charge in [0.15, 0.2) is 5.78 Å². The van der Waals surface area contributed by atoms with Gasteiger partial charge in [0.25, 0.3) is 0 Å². The van der Waals surface area contributed by atoms with Crippen LogP contribution in [0.2, 0.25) is 0 Å². The molecule has 1 aromatic carbocycles. The lowest BCUT2D eigenvalue weighted by atomic mass is 9.70. The van der Waals surface area contributed by atoms with E-state index in [1.807, 2.05) is 18.2 Å². The van der Waals surface area contributed by atoms with Gasteiger partial charge >= 0.3 is 12.1 Å². The number of Topliss-reactive ketones (excluding diaryl/α,β-unsaturated/α-hetero) is 1. The van der Waals surface area contributed by atoms with Crippen molar-refractivity contribution in [3.63, 3.8) is 0 Å². The van der Waals surface area contributed by atoms with E-state index in [-0.39, 0.29) is 25.9 Å². The van der Waals surface area contributed by atoms with E-state index in [4.69, 9.17) is 20.9 Å². The van der Waals surface area contributed by atoms with Crippen molar-refractivity contribution in [2.45, 2.75) is 38.0 Å². The average Bonchev–Trinajstić information content (AvgIpc) is 2.77. The number of carbonyl (C=O) groups excluding carboxylic acids is 4. The maximum absolute atomic E-state index is 13.1. The van der Waals surface area contributed by atoms with Gasteiger partial charge in [0.1, 0.15) is 12.6 Å². The minimum Gasteiger partial charge on any atom is -0.467 e. The summed E-state index contributed by atoms with van der Waals surface area (Å²) in [6.45, 7) is 0.0107. The van der Waals surface area contributed by atoms with Crippen molar-refractivity contribution >= 4 is 23.8 Å². The molecule has 31 heavy (non-hydrogen) atoms. The fraction of sp³-hybridized carbons (Fsp3) is 0.364. The molecule has 0 bridgehead atoms. The van der Waals surface area contributed by atoms with Crippen molar-refractivity contribution in [3.8, 4) is 0 Å². The van der Waals surface area contributed by atoms with Crippen LogP contribution in [0.5, 0.6) is 0 Å². The lowest BCUT2D eigenvalue weighted by Crippen LogP contribution is -2.51. The third-order valence-corrected chi connectivity index (χ3v) is 4.95. The fourth-order valence-electron chi connectivity index (χ4n) is 3.38. The molecule has 1 aliphatic rings. The number of nitrogens with one attached hydrogen (secondary N) is 1. The number of hydrogen-bond donors (Lipinski definition) is 3. The van der Waals surface area contributed by atoms with Crippen LogP contribution in [-0.2, 0) is 30.5 Å². The van der Waals surface area contributed by atoms with Crippen LogP contribution in [0.25, 0.3) is 0 Å². The van der Waals surface area contributed by atoms with Crippen LogP contribution >= 0.6 is 0 Å². The van der Waals surface area contributed by atoms with Crippen molar-refractivity contribution < 1.29 is 28.7 Å². The summed E-state index contributed by atoms with van der Waals surface area (Å²) >= 11 is 0. The molecule has 1 aliphatic carbocycles. The highest BCUT2D eigenvalue weighted by Gasteiger charge is 2.43. The quantitative estimate of drug-likeness (QED) is 0.471. The topological polar surface area (TPSA) is 151 Å². The number of allylic oxidation sites excluding steroid dienone is 4. The Hall–Kier alpha value is -3.46. The second-order valence-corrected chi connectivity index (χ2v) is 7.27. The Labute approximate surface area is 180 Å². The zero-order valence-electron chi connectivity index (χ0n) is 17.3. The van der Waals surface area contributed by atoms with E-state index >= 15 is 0 Å². The summed E-state index contributed by atoms with van der Waals surface area (Å²) in [7, 11) is 1.18. The standard InChI is InChI=1S/C22H27N3O6/c1-30-20(28)17(25-21(29)31-14-15-8-4-2-5-9-15)13-22(10-6-3-7-11-22)19(27)16(23)12-18(24)26/h2-10,16-17H,11-14,23H2,1H3,(H2,24,26)(H,25,29)/t16-,17-,22?/m0/s1. The van der Waals surface area contributed by atoms with Crippen LogP contribution in [0, 0.1) is 5.41 Å². The fourth-order valence-corrected chi connectivity index (χ4v) is 3.38. The molecule has 0 spiro atoms. The lowest BCUT2D eigenvalue weighted by molar-refractivity contribution is -0.144. The number of amides is 2. The number of esters is 1. The summed E-state index contributed by atoms with van der Waals surface area (Å²) in [5.74, 6) is -1.91.